The monoisotopic (exact) mass is 531 g/mol. The SMILES string of the molecule is CN=C(NCCCOC1CCCCC1)NCc1ccnc(N2CCOC(C)C2)c1.I. The zero-order valence-corrected chi connectivity index (χ0v) is 20.8. The highest BCUT2D eigenvalue weighted by atomic mass is 127. The largest absolute Gasteiger partial charge is 0.378 e. The van der Waals surface area contributed by atoms with E-state index in [0.29, 0.717) is 12.6 Å². The van der Waals surface area contributed by atoms with Crippen molar-refractivity contribution < 1.29 is 9.47 Å². The number of guanidine groups is 1. The number of nitrogens with one attached hydrogen (secondary N) is 2. The van der Waals surface area contributed by atoms with Gasteiger partial charge in [-0.15, -0.1) is 24.0 Å². The number of morpholine rings is 1. The topological polar surface area (TPSA) is 71.0 Å². The third-order valence-electron chi connectivity index (χ3n) is 5.58. The number of halogens is 1. The number of ether oxygens (including phenoxy) is 2. The first kappa shape index (κ1) is 25.1. The first-order chi connectivity index (χ1) is 14.2. The zero-order valence-electron chi connectivity index (χ0n) is 18.4. The van der Waals surface area contributed by atoms with Crippen LogP contribution in [0, 0.1) is 0 Å². The molecule has 2 heterocycles. The Labute approximate surface area is 198 Å². The summed E-state index contributed by atoms with van der Waals surface area (Å²) in [5.41, 5.74) is 1.19. The van der Waals surface area contributed by atoms with Gasteiger partial charge in [-0.1, -0.05) is 19.3 Å². The lowest BCUT2D eigenvalue weighted by atomic mass is 9.98. The summed E-state index contributed by atoms with van der Waals surface area (Å²) in [6.07, 6.45) is 10.1. The molecule has 0 radical (unpaired) electrons. The second-order valence-corrected chi connectivity index (χ2v) is 7.99. The molecule has 1 aliphatic heterocycles. The second kappa shape index (κ2) is 14.0. The van der Waals surface area contributed by atoms with Crippen LogP contribution in [0.15, 0.2) is 23.3 Å². The normalized spacial score (nSPS) is 20.5. The molecule has 0 bridgehead atoms. The Hall–Kier alpha value is -1.13. The van der Waals surface area contributed by atoms with Crippen LogP contribution in [0.25, 0.3) is 0 Å². The third-order valence-corrected chi connectivity index (χ3v) is 5.58. The van der Waals surface area contributed by atoms with Gasteiger partial charge < -0.3 is 25.0 Å². The molecule has 0 aromatic carbocycles. The van der Waals surface area contributed by atoms with Crippen LogP contribution in [0.1, 0.15) is 51.0 Å². The average Bonchev–Trinajstić information content (AvgIpc) is 2.76. The molecule has 1 aromatic heterocycles. The van der Waals surface area contributed by atoms with Crippen molar-refractivity contribution in [3.05, 3.63) is 23.9 Å². The van der Waals surface area contributed by atoms with Crippen molar-refractivity contribution >= 4 is 35.8 Å². The average molecular weight is 531 g/mol. The fourth-order valence-electron chi connectivity index (χ4n) is 3.94. The van der Waals surface area contributed by atoms with Crippen LogP contribution in [-0.2, 0) is 16.0 Å². The van der Waals surface area contributed by atoms with E-state index in [1.807, 2.05) is 12.3 Å². The Morgan fingerprint density at radius 3 is 2.90 bits per heavy atom. The van der Waals surface area contributed by atoms with E-state index >= 15 is 0 Å². The summed E-state index contributed by atoms with van der Waals surface area (Å²) in [4.78, 5) is 11.1. The lowest BCUT2D eigenvalue weighted by Crippen LogP contribution is -2.41. The highest BCUT2D eigenvalue weighted by molar-refractivity contribution is 14.0. The number of nitrogens with zero attached hydrogens (tertiary/aromatic N) is 3. The Morgan fingerprint density at radius 2 is 2.13 bits per heavy atom. The fraction of sp³-hybridized carbons (Fsp3) is 0.727. The molecule has 8 heteroatoms. The van der Waals surface area contributed by atoms with Crippen molar-refractivity contribution in [2.24, 2.45) is 4.99 Å². The minimum Gasteiger partial charge on any atom is -0.378 e. The standard InChI is InChI=1S/C22H37N5O2.HI/c1-18-17-27(12-14-28-18)21-15-19(9-11-24-21)16-26-22(23-2)25-10-6-13-29-20-7-4-3-5-8-20;/h9,11,15,18,20H,3-8,10,12-14,16-17H2,1-2H3,(H2,23,25,26);1H. The maximum atomic E-state index is 5.99. The van der Waals surface area contributed by atoms with Crippen molar-refractivity contribution in [3.63, 3.8) is 0 Å². The van der Waals surface area contributed by atoms with Gasteiger partial charge in [0, 0.05) is 46.0 Å². The molecule has 1 aliphatic carbocycles. The molecular formula is C22H38IN5O2. The van der Waals surface area contributed by atoms with Crippen molar-refractivity contribution in [2.45, 2.75) is 64.2 Å². The van der Waals surface area contributed by atoms with E-state index in [0.717, 1.165) is 51.0 Å². The number of anilines is 1. The van der Waals surface area contributed by atoms with E-state index < -0.39 is 0 Å². The van der Waals surface area contributed by atoms with Crippen LogP contribution in [0.2, 0.25) is 0 Å². The Morgan fingerprint density at radius 1 is 1.30 bits per heavy atom. The molecule has 2 N–H and O–H groups in total. The van der Waals surface area contributed by atoms with Crippen LogP contribution in [-0.4, -0.2) is 63.0 Å². The van der Waals surface area contributed by atoms with Gasteiger partial charge in [-0.3, -0.25) is 4.99 Å². The Bertz CT molecular complexity index is 640. The van der Waals surface area contributed by atoms with Crippen molar-refractivity contribution in [2.75, 3.05) is 44.8 Å². The minimum absolute atomic E-state index is 0. The first-order valence-electron chi connectivity index (χ1n) is 11.1. The number of aromatic nitrogens is 1. The van der Waals surface area contributed by atoms with E-state index in [-0.39, 0.29) is 30.1 Å². The number of aliphatic imine (C=N–C) groups is 1. The summed E-state index contributed by atoms with van der Waals surface area (Å²) in [6, 6.07) is 4.20. The van der Waals surface area contributed by atoms with Gasteiger partial charge in [0.1, 0.15) is 5.82 Å². The lowest BCUT2D eigenvalue weighted by Gasteiger charge is -2.32. The fourth-order valence-corrected chi connectivity index (χ4v) is 3.94. The zero-order chi connectivity index (χ0) is 20.3. The molecule has 1 saturated carbocycles. The molecular weight excluding hydrogens is 493 g/mol. The molecule has 0 amide bonds. The molecule has 2 fully saturated rings. The van der Waals surface area contributed by atoms with Gasteiger partial charge in [0.25, 0.3) is 0 Å². The van der Waals surface area contributed by atoms with Gasteiger partial charge in [-0.25, -0.2) is 4.98 Å². The summed E-state index contributed by atoms with van der Waals surface area (Å²) >= 11 is 0. The Balaban J connectivity index is 0.00000320. The van der Waals surface area contributed by atoms with Crippen LogP contribution in [0.5, 0.6) is 0 Å². The van der Waals surface area contributed by atoms with Gasteiger partial charge in [-0.05, 0) is 43.9 Å². The molecule has 1 unspecified atom stereocenters. The number of pyridine rings is 1. The molecule has 7 nitrogen and oxygen atoms in total. The quantitative estimate of drug-likeness (QED) is 0.232. The first-order valence-corrected chi connectivity index (χ1v) is 11.1. The highest BCUT2D eigenvalue weighted by Crippen LogP contribution is 2.20. The molecule has 3 rings (SSSR count). The molecule has 1 saturated heterocycles. The van der Waals surface area contributed by atoms with E-state index in [1.165, 1.54) is 37.7 Å². The third kappa shape index (κ3) is 8.55. The number of hydrogen-bond donors (Lipinski definition) is 2. The second-order valence-electron chi connectivity index (χ2n) is 7.99. The summed E-state index contributed by atoms with van der Waals surface area (Å²) in [5.74, 6) is 1.84. The molecule has 2 aliphatic rings. The molecule has 1 atom stereocenters. The lowest BCUT2D eigenvalue weighted by molar-refractivity contribution is 0.0277. The Kier molecular flexibility index (Phi) is 11.8. The van der Waals surface area contributed by atoms with Gasteiger partial charge in [-0.2, -0.15) is 0 Å². The summed E-state index contributed by atoms with van der Waals surface area (Å²) < 4.78 is 11.6. The van der Waals surface area contributed by atoms with Gasteiger partial charge in [0.2, 0.25) is 0 Å². The summed E-state index contributed by atoms with van der Waals surface area (Å²) in [6.45, 7) is 7.03. The molecule has 30 heavy (non-hydrogen) atoms. The minimum atomic E-state index is 0. The van der Waals surface area contributed by atoms with Crippen molar-refractivity contribution in [1.29, 1.82) is 0 Å². The summed E-state index contributed by atoms with van der Waals surface area (Å²) in [5, 5.41) is 6.77. The number of hydrogen-bond acceptors (Lipinski definition) is 5. The number of rotatable bonds is 8. The van der Waals surface area contributed by atoms with E-state index in [4.69, 9.17) is 9.47 Å². The smallest absolute Gasteiger partial charge is 0.191 e. The van der Waals surface area contributed by atoms with Crippen LogP contribution < -0.4 is 15.5 Å². The van der Waals surface area contributed by atoms with Crippen LogP contribution in [0.4, 0.5) is 5.82 Å². The molecule has 170 valence electrons. The predicted molar refractivity (Wildman–Crippen MR) is 133 cm³/mol. The summed E-state index contributed by atoms with van der Waals surface area (Å²) in [7, 11) is 1.81. The van der Waals surface area contributed by atoms with Crippen LogP contribution in [0.3, 0.4) is 0 Å². The van der Waals surface area contributed by atoms with Gasteiger partial charge >= 0.3 is 0 Å². The van der Waals surface area contributed by atoms with E-state index in [2.05, 4.69) is 38.5 Å². The van der Waals surface area contributed by atoms with Crippen LogP contribution >= 0.6 is 24.0 Å². The van der Waals surface area contributed by atoms with Crippen molar-refractivity contribution in [3.8, 4) is 0 Å². The van der Waals surface area contributed by atoms with Gasteiger partial charge in [0.15, 0.2) is 5.96 Å². The van der Waals surface area contributed by atoms with E-state index in [9.17, 15) is 0 Å². The van der Waals surface area contributed by atoms with E-state index in [1.54, 1.807) is 7.05 Å². The maximum absolute atomic E-state index is 5.99. The van der Waals surface area contributed by atoms with Crippen molar-refractivity contribution in [1.82, 2.24) is 15.6 Å². The predicted octanol–water partition coefficient (Wildman–Crippen LogP) is 3.33. The molecule has 1 aromatic rings. The van der Waals surface area contributed by atoms with Gasteiger partial charge in [0.05, 0.1) is 18.8 Å². The highest BCUT2D eigenvalue weighted by Gasteiger charge is 2.18. The maximum Gasteiger partial charge on any atom is 0.191 e. The molecule has 0 spiro atoms.